The summed E-state index contributed by atoms with van der Waals surface area (Å²) >= 11 is 0. The normalized spacial score (nSPS) is 10.2. The summed E-state index contributed by atoms with van der Waals surface area (Å²) in [5.41, 5.74) is 0.939. The van der Waals surface area contributed by atoms with Gasteiger partial charge < -0.3 is 9.67 Å². The van der Waals surface area contributed by atoms with Crippen LogP contribution < -0.4 is 0 Å². The molecule has 0 atom stereocenters. The first-order valence-electron chi connectivity index (χ1n) is 3.88. The summed E-state index contributed by atoms with van der Waals surface area (Å²) in [6.07, 6.45) is 2.62. The van der Waals surface area contributed by atoms with Gasteiger partial charge in [0.1, 0.15) is 12.4 Å². The van der Waals surface area contributed by atoms with Gasteiger partial charge in [0.2, 0.25) is 0 Å². The fraction of sp³-hybridized carbons (Fsp3) is 0.500. The molecule has 0 spiro atoms. The van der Waals surface area contributed by atoms with Gasteiger partial charge in [-0.25, -0.2) is 4.98 Å². The van der Waals surface area contributed by atoms with E-state index in [4.69, 9.17) is 5.11 Å². The fourth-order valence-corrected chi connectivity index (χ4v) is 1.05. The average Bonchev–Trinajstić information content (AvgIpc) is 2.31. The Labute approximate surface area is 70.9 Å². The maximum Gasteiger partial charge on any atom is 0.323 e. The predicted octanol–water partition coefficient (Wildman–Crippen LogP) is 0.839. The zero-order valence-corrected chi connectivity index (χ0v) is 7.24. The zero-order chi connectivity index (χ0) is 9.14. The van der Waals surface area contributed by atoms with Crippen molar-refractivity contribution in [2.24, 2.45) is 0 Å². The lowest BCUT2D eigenvalue weighted by molar-refractivity contribution is -0.137. The highest BCUT2D eigenvalue weighted by molar-refractivity contribution is 5.66. The van der Waals surface area contributed by atoms with Crippen LogP contribution in [0.4, 0.5) is 0 Å². The largest absolute Gasteiger partial charge is 0.480 e. The second kappa shape index (κ2) is 3.38. The quantitative estimate of drug-likeness (QED) is 0.727. The molecule has 1 aromatic rings. The molecule has 0 aliphatic carbocycles. The second-order valence-electron chi connectivity index (χ2n) is 2.65. The van der Waals surface area contributed by atoms with Gasteiger partial charge in [-0.2, -0.15) is 0 Å². The van der Waals surface area contributed by atoms with Crippen LogP contribution in [0.15, 0.2) is 6.20 Å². The number of aryl methyl sites for hydroxylation is 2. The molecular weight excluding hydrogens is 156 g/mol. The first-order valence-corrected chi connectivity index (χ1v) is 3.88. The first kappa shape index (κ1) is 8.77. The van der Waals surface area contributed by atoms with Crippen LogP contribution in [-0.2, 0) is 17.8 Å². The Kier molecular flexibility index (Phi) is 2.47. The zero-order valence-electron chi connectivity index (χ0n) is 7.24. The molecule has 0 aliphatic rings. The van der Waals surface area contributed by atoms with Crippen molar-refractivity contribution in [3.8, 4) is 0 Å². The number of hydrogen-bond acceptors (Lipinski definition) is 2. The number of carboxylic acids is 1. The second-order valence-corrected chi connectivity index (χ2v) is 2.65. The number of imidazole rings is 1. The van der Waals surface area contributed by atoms with Gasteiger partial charge >= 0.3 is 5.97 Å². The minimum Gasteiger partial charge on any atom is -0.480 e. The summed E-state index contributed by atoms with van der Waals surface area (Å²) in [6.45, 7) is 3.80. The summed E-state index contributed by atoms with van der Waals surface area (Å²) in [4.78, 5) is 14.6. The molecule has 66 valence electrons. The molecule has 12 heavy (non-hydrogen) atoms. The maximum atomic E-state index is 10.4. The summed E-state index contributed by atoms with van der Waals surface area (Å²) in [5.74, 6) is -0.0765. The third-order valence-electron chi connectivity index (χ3n) is 1.69. The van der Waals surface area contributed by atoms with E-state index >= 15 is 0 Å². The smallest absolute Gasteiger partial charge is 0.323 e. The van der Waals surface area contributed by atoms with E-state index < -0.39 is 5.97 Å². The average molecular weight is 168 g/mol. The van der Waals surface area contributed by atoms with Crippen molar-refractivity contribution in [2.75, 3.05) is 0 Å². The molecule has 1 rings (SSSR count). The maximum absolute atomic E-state index is 10.4. The van der Waals surface area contributed by atoms with E-state index in [0.717, 1.165) is 17.9 Å². The van der Waals surface area contributed by atoms with Crippen LogP contribution in [0.3, 0.4) is 0 Å². The van der Waals surface area contributed by atoms with E-state index in [0.29, 0.717) is 0 Å². The molecule has 0 saturated carbocycles. The van der Waals surface area contributed by atoms with Gasteiger partial charge in [-0.1, -0.05) is 6.92 Å². The molecule has 0 aromatic carbocycles. The predicted molar refractivity (Wildman–Crippen MR) is 44.0 cm³/mol. The van der Waals surface area contributed by atoms with Crippen molar-refractivity contribution in [3.05, 3.63) is 17.7 Å². The fourth-order valence-electron chi connectivity index (χ4n) is 1.05. The summed E-state index contributed by atoms with van der Waals surface area (Å²) < 4.78 is 1.64. The first-order chi connectivity index (χ1) is 5.63. The Bertz CT molecular complexity index is 291. The van der Waals surface area contributed by atoms with Gasteiger partial charge in [0.05, 0.1) is 5.69 Å². The van der Waals surface area contributed by atoms with E-state index in [1.54, 1.807) is 10.8 Å². The van der Waals surface area contributed by atoms with Gasteiger partial charge in [0.15, 0.2) is 0 Å². The van der Waals surface area contributed by atoms with Crippen molar-refractivity contribution >= 4 is 5.97 Å². The Morgan fingerprint density at radius 2 is 2.42 bits per heavy atom. The minimum absolute atomic E-state index is 0.00116. The number of hydrogen-bond donors (Lipinski definition) is 1. The number of nitrogens with zero attached hydrogens (tertiary/aromatic N) is 2. The van der Waals surface area contributed by atoms with Gasteiger partial charge in [-0.3, -0.25) is 4.79 Å². The van der Waals surface area contributed by atoms with Crippen LogP contribution in [0.2, 0.25) is 0 Å². The molecule has 1 aromatic heterocycles. The van der Waals surface area contributed by atoms with Crippen LogP contribution in [0, 0.1) is 6.92 Å². The Balaban J connectivity index is 2.84. The van der Waals surface area contributed by atoms with Gasteiger partial charge in [0, 0.05) is 6.20 Å². The Morgan fingerprint density at radius 1 is 1.75 bits per heavy atom. The Morgan fingerprint density at radius 3 is 2.83 bits per heavy atom. The SMILES string of the molecule is CCc1cn(CC(=O)O)c(C)n1. The number of aromatic nitrogens is 2. The Hall–Kier alpha value is -1.32. The molecule has 4 nitrogen and oxygen atoms in total. The highest BCUT2D eigenvalue weighted by Crippen LogP contribution is 2.02. The van der Waals surface area contributed by atoms with E-state index in [1.165, 1.54) is 0 Å². The van der Waals surface area contributed by atoms with Gasteiger partial charge in [0.25, 0.3) is 0 Å². The number of carbonyl (C=O) groups is 1. The lowest BCUT2D eigenvalue weighted by Crippen LogP contribution is -2.08. The summed E-state index contributed by atoms with van der Waals surface area (Å²) in [7, 11) is 0. The van der Waals surface area contributed by atoms with Crippen molar-refractivity contribution in [1.29, 1.82) is 0 Å². The highest BCUT2D eigenvalue weighted by atomic mass is 16.4. The topological polar surface area (TPSA) is 55.1 Å². The molecule has 0 amide bonds. The minimum atomic E-state index is -0.835. The van der Waals surface area contributed by atoms with Crippen molar-refractivity contribution in [3.63, 3.8) is 0 Å². The molecule has 1 N–H and O–H groups in total. The van der Waals surface area contributed by atoms with Crippen LogP contribution in [-0.4, -0.2) is 20.6 Å². The molecule has 0 aliphatic heterocycles. The monoisotopic (exact) mass is 168 g/mol. The van der Waals surface area contributed by atoms with E-state index in [1.807, 2.05) is 13.8 Å². The van der Waals surface area contributed by atoms with Crippen LogP contribution in [0.1, 0.15) is 18.4 Å². The molecule has 0 radical (unpaired) electrons. The lowest BCUT2D eigenvalue weighted by atomic mass is 10.4. The van der Waals surface area contributed by atoms with Crippen LogP contribution >= 0.6 is 0 Å². The van der Waals surface area contributed by atoms with Crippen LogP contribution in [0.5, 0.6) is 0 Å². The van der Waals surface area contributed by atoms with Crippen molar-refractivity contribution in [2.45, 2.75) is 26.8 Å². The molecule has 4 heteroatoms. The summed E-state index contributed by atoms with van der Waals surface area (Å²) in [5, 5.41) is 8.52. The highest BCUT2D eigenvalue weighted by Gasteiger charge is 2.04. The van der Waals surface area contributed by atoms with Gasteiger partial charge in [-0.15, -0.1) is 0 Å². The third kappa shape index (κ3) is 1.84. The van der Waals surface area contributed by atoms with E-state index in [2.05, 4.69) is 4.98 Å². The number of carboxylic acid groups (broad SMARTS) is 1. The van der Waals surface area contributed by atoms with E-state index in [9.17, 15) is 4.79 Å². The van der Waals surface area contributed by atoms with Gasteiger partial charge in [-0.05, 0) is 13.3 Å². The lowest BCUT2D eigenvalue weighted by Gasteiger charge is -1.97. The number of rotatable bonds is 3. The molecular formula is C8H12N2O2. The molecule has 1 heterocycles. The van der Waals surface area contributed by atoms with Crippen LogP contribution in [0.25, 0.3) is 0 Å². The number of aliphatic carboxylic acids is 1. The molecule has 0 unspecified atom stereocenters. The molecule has 0 fully saturated rings. The van der Waals surface area contributed by atoms with Crippen molar-refractivity contribution < 1.29 is 9.90 Å². The molecule has 0 bridgehead atoms. The van der Waals surface area contributed by atoms with Crippen molar-refractivity contribution in [1.82, 2.24) is 9.55 Å². The molecule has 0 saturated heterocycles. The van der Waals surface area contributed by atoms with E-state index in [-0.39, 0.29) is 6.54 Å². The summed E-state index contributed by atoms with van der Waals surface area (Å²) in [6, 6.07) is 0. The third-order valence-corrected chi connectivity index (χ3v) is 1.69. The standard InChI is InChI=1S/C8H12N2O2/c1-3-7-4-10(5-8(11)12)6(2)9-7/h4H,3,5H2,1-2H3,(H,11,12).